The fourth-order valence-electron chi connectivity index (χ4n) is 3.00. The van der Waals surface area contributed by atoms with Crippen molar-refractivity contribution in [2.45, 2.75) is 20.8 Å². The zero-order valence-corrected chi connectivity index (χ0v) is 17.7. The van der Waals surface area contributed by atoms with Gasteiger partial charge in [0.15, 0.2) is 6.61 Å². The average molecular weight is 410 g/mol. The van der Waals surface area contributed by atoms with Gasteiger partial charge in [0, 0.05) is 10.4 Å². The molecule has 1 aromatic heterocycles. The Bertz CT molecular complexity index is 1040. The number of thiophene rings is 1. The van der Waals surface area contributed by atoms with Crippen LogP contribution in [0.3, 0.4) is 0 Å². The van der Waals surface area contributed by atoms with E-state index in [-0.39, 0.29) is 12.5 Å². The van der Waals surface area contributed by atoms with Crippen molar-refractivity contribution in [1.29, 1.82) is 0 Å². The molecule has 1 amide bonds. The normalized spacial score (nSPS) is 10.5. The molecule has 150 valence electrons. The third kappa shape index (κ3) is 4.66. The Kier molecular flexibility index (Phi) is 6.34. The molecule has 3 rings (SSSR count). The first-order valence-corrected chi connectivity index (χ1v) is 9.99. The molecule has 0 unspecified atom stereocenters. The molecule has 0 fully saturated rings. The summed E-state index contributed by atoms with van der Waals surface area (Å²) < 4.78 is 10.6. The van der Waals surface area contributed by atoms with E-state index in [0.717, 1.165) is 27.1 Å². The van der Waals surface area contributed by atoms with Gasteiger partial charge in [0.1, 0.15) is 16.3 Å². The van der Waals surface area contributed by atoms with Gasteiger partial charge in [-0.15, -0.1) is 11.3 Å². The van der Waals surface area contributed by atoms with Crippen molar-refractivity contribution >= 4 is 28.2 Å². The monoisotopic (exact) mass is 409 g/mol. The molecule has 0 radical (unpaired) electrons. The molecular weight excluding hydrogens is 386 g/mol. The summed E-state index contributed by atoms with van der Waals surface area (Å²) in [5.74, 6) is -0.198. The molecule has 3 aromatic rings. The summed E-state index contributed by atoms with van der Waals surface area (Å²) in [5.41, 5.74) is 4.28. The Balaban J connectivity index is 1.82. The van der Waals surface area contributed by atoms with E-state index in [9.17, 15) is 9.59 Å². The molecule has 1 N–H and O–H groups in total. The molecule has 5 nitrogen and oxygen atoms in total. The molecule has 0 aliphatic rings. The highest BCUT2D eigenvalue weighted by atomic mass is 32.1. The highest BCUT2D eigenvalue weighted by molar-refractivity contribution is 7.17. The summed E-state index contributed by atoms with van der Waals surface area (Å²) in [6.45, 7) is 5.77. The molecule has 0 atom stereocenters. The van der Waals surface area contributed by atoms with Crippen LogP contribution in [0.15, 0.2) is 48.5 Å². The van der Waals surface area contributed by atoms with Crippen molar-refractivity contribution in [2.75, 3.05) is 19.0 Å². The summed E-state index contributed by atoms with van der Waals surface area (Å²) in [4.78, 5) is 25.9. The number of anilines is 1. The van der Waals surface area contributed by atoms with Crippen LogP contribution in [0.5, 0.6) is 5.75 Å². The minimum Gasteiger partial charge on any atom is -0.484 e. The van der Waals surface area contributed by atoms with E-state index < -0.39 is 5.97 Å². The predicted octanol–water partition coefficient (Wildman–Crippen LogP) is 5.14. The first-order chi connectivity index (χ1) is 13.9. The molecule has 0 saturated heterocycles. The number of benzene rings is 2. The highest BCUT2D eigenvalue weighted by Crippen LogP contribution is 2.40. The van der Waals surface area contributed by atoms with Gasteiger partial charge in [-0.1, -0.05) is 36.4 Å². The van der Waals surface area contributed by atoms with Crippen molar-refractivity contribution in [2.24, 2.45) is 0 Å². The van der Waals surface area contributed by atoms with Gasteiger partial charge < -0.3 is 14.8 Å². The van der Waals surface area contributed by atoms with Crippen LogP contribution in [0, 0.1) is 20.8 Å². The molecule has 0 spiro atoms. The third-order valence-electron chi connectivity index (χ3n) is 4.64. The van der Waals surface area contributed by atoms with Crippen LogP contribution in [0.25, 0.3) is 11.1 Å². The van der Waals surface area contributed by atoms with Crippen LogP contribution in [0.4, 0.5) is 5.00 Å². The highest BCUT2D eigenvalue weighted by Gasteiger charge is 2.25. The molecule has 0 aliphatic carbocycles. The van der Waals surface area contributed by atoms with E-state index in [0.29, 0.717) is 16.3 Å². The van der Waals surface area contributed by atoms with Gasteiger partial charge in [0.05, 0.1) is 7.11 Å². The van der Waals surface area contributed by atoms with E-state index in [4.69, 9.17) is 9.47 Å². The number of carbonyl (C=O) groups excluding carboxylic acids is 2. The van der Waals surface area contributed by atoms with Gasteiger partial charge in [-0.25, -0.2) is 4.79 Å². The summed E-state index contributed by atoms with van der Waals surface area (Å²) in [6, 6.07) is 15.3. The Morgan fingerprint density at radius 3 is 2.38 bits per heavy atom. The second kappa shape index (κ2) is 8.92. The summed E-state index contributed by atoms with van der Waals surface area (Å²) in [7, 11) is 1.33. The van der Waals surface area contributed by atoms with E-state index in [1.165, 1.54) is 18.4 Å². The Morgan fingerprint density at radius 1 is 1.00 bits per heavy atom. The topological polar surface area (TPSA) is 64.6 Å². The fraction of sp³-hybridized carbons (Fsp3) is 0.217. The fourth-order valence-corrected chi connectivity index (χ4v) is 4.08. The second-order valence-electron chi connectivity index (χ2n) is 6.68. The molecule has 2 aromatic carbocycles. The van der Waals surface area contributed by atoms with Crippen molar-refractivity contribution in [3.8, 4) is 16.9 Å². The van der Waals surface area contributed by atoms with Gasteiger partial charge in [0.25, 0.3) is 5.91 Å². The lowest BCUT2D eigenvalue weighted by Gasteiger charge is -2.10. The molecule has 6 heteroatoms. The number of rotatable bonds is 6. The lowest BCUT2D eigenvalue weighted by atomic mass is 10.0. The largest absolute Gasteiger partial charge is 0.484 e. The molecule has 29 heavy (non-hydrogen) atoms. The van der Waals surface area contributed by atoms with Gasteiger partial charge in [-0.2, -0.15) is 0 Å². The Hall–Kier alpha value is -3.12. The first kappa shape index (κ1) is 20.6. The third-order valence-corrected chi connectivity index (χ3v) is 5.66. The number of ether oxygens (including phenoxy) is 2. The number of amides is 1. The maximum Gasteiger partial charge on any atom is 0.341 e. The zero-order valence-electron chi connectivity index (χ0n) is 16.9. The number of aryl methyl sites for hydroxylation is 3. The number of esters is 1. The van der Waals surface area contributed by atoms with E-state index in [1.807, 2.05) is 69.3 Å². The molecule has 0 saturated carbocycles. The lowest BCUT2D eigenvalue weighted by Crippen LogP contribution is -2.21. The Labute approximate surface area is 174 Å². The Morgan fingerprint density at radius 2 is 1.72 bits per heavy atom. The number of methoxy groups -OCH3 is 1. The van der Waals surface area contributed by atoms with Gasteiger partial charge >= 0.3 is 5.97 Å². The number of nitrogens with one attached hydrogen (secondary N) is 1. The van der Waals surface area contributed by atoms with Crippen molar-refractivity contribution < 1.29 is 19.1 Å². The average Bonchev–Trinajstić information content (AvgIpc) is 3.04. The van der Waals surface area contributed by atoms with Crippen LogP contribution in [0.2, 0.25) is 0 Å². The van der Waals surface area contributed by atoms with Gasteiger partial charge in [0.2, 0.25) is 0 Å². The van der Waals surface area contributed by atoms with Crippen molar-refractivity contribution in [3.63, 3.8) is 0 Å². The maximum absolute atomic E-state index is 12.5. The van der Waals surface area contributed by atoms with Crippen LogP contribution >= 0.6 is 11.3 Å². The minimum absolute atomic E-state index is 0.152. The van der Waals surface area contributed by atoms with Crippen molar-refractivity contribution in [1.82, 2.24) is 0 Å². The van der Waals surface area contributed by atoms with Crippen LogP contribution < -0.4 is 10.1 Å². The number of hydrogen-bond donors (Lipinski definition) is 1. The quantitative estimate of drug-likeness (QED) is 0.572. The van der Waals surface area contributed by atoms with Crippen LogP contribution in [-0.2, 0) is 9.53 Å². The summed E-state index contributed by atoms with van der Waals surface area (Å²) in [6.07, 6.45) is 0. The maximum atomic E-state index is 12.5. The molecular formula is C23H23NO4S. The predicted molar refractivity (Wildman–Crippen MR) is 116 cm³/mol. The summed E-state index contributed by atoms with van der Waals surface area (Å²) >= 11 is 1.35. The summed E-state index contributed by atoms with van der Waals surface area (Å²) in [5, 5.41) is 3.27. The van der Waals surface area contributed by atoms with Gasteiger partial charge in [-0.05, 0) is 49.6 Å². The minimum atomic E-state index is -0.487. The smallest absolute Gasteiger partial charge is 0.341 e. The first-order valence-electron chi connectivity index (χ1n) is 9.17. The van der Waals surface area contributed by atoms with E-state index in [2.05, 4.69) is 5.32 Å². The molecule has 1 heterocycles. The van der Waals surface area contributed by atoms with E-state index in [1.54, 1.807) is 0 Å². The standard InChI is InChI=1S/C23H23NO4S/c1-14-10-11-18(12-15(14)2)28-13-19(25)24-22-21(23(26)27-4)20(16(3)29-22)17-8-6-5-7-9-17/h5-12H,13H2,1-4H3,(H,24,25). The zero-order chi connectivity index (χ0) is 21.0. The van der Waals surface area contributed by atoms with Gasteiger partial charge in [-0.3, -0.25) is 4.79 Å². The van der Waals surface area contributed by atoms with Crippen molar-refractivity contribution in [3.05, 3.63) is 70.1 Å². The van der Waals surface area contributed by atoms with Crippen LogP contribution in [0.1, 0.15) is 26.4 Å². The van der Waals surface area contributed by atoms with E-state index >= 15 is 0 Å². The molecule has 0 bridgehead atoms. The second-order valence-corrected chi connectivity index (χ2v) is 7.90. The SMILES string of the molecule is COC(=O)c1c(NC(=O)COc2ccc(C)c(C)c2)sc(C)c1-c1ccccc1. The number of carbonyl (C=O) groups is 2. The van der Waals surface area contributed by atoms with Crippen LogP contribution in [-0.4, -0.2) is 25.6 Å². The lowest BCUT2D eigenvalue weighted by molar-refractivity contribution is -0.118. The number of hydrogen-bond acceptors (Lipinski definition) is 5. The molecule has 0 aliphatic heterocycles.